The maximum atomic E-state index is 11.9. The molecule has 1 rings (SSSR count). The standard InChI is InChI=1S/C11H20F2N4O/c1-8-5-10(17(2)16-8)6-9(15-14)3-4-18-7-11(12)13/h5,9,11,15H,3-4,6-7,14H2,1-2H3. The molecule has 0 aliphatic rings. The van der Waals surface area contributed by atoms with Crippen LogP contribution in [0.3, 0.4) is 0 Å². The molecule has 0 saturated heterocycles. The van der Waals surface area contributed by atoms with Crippen LogP contribution in [0.1, 0.15) is 17.8 Å². The average molecular weight is 262 g/mol. The number of nitrogens with two attached hydrogens (primary N) is 1. The Kier molecular flexibility index (Phi) is 6.17. The van der Waals surface area contributed by atoms with Gasteiger partial charge in [-0.1, -0.05) is 0 Å². The van der Waals surface area contributed by atoms with E-state index in [-0.39, 0.29) is 12.6 Å². The maximum absolute atomic E-state index is 11.9. The first-order valence-electron chi connectivity index (χ1n) is 5.84. The molecule has 7 heteroatoms. The van der Waals surface area contributed by atoms with Crippen molar-refractivity contribution in [2.24, 2.45) is 12.9 Å². The van der Waals surface area contributed by atoms with Gasteiger partial charge in [-0.3, -0.25) is 16.0 Å². The van der Waals surface area contributed by atoms with Crippen molar-refractivity contribution in [1.29, 1.82) is 0 Å². The second-order valence-corrected chi connectivity index (χ2v) is 4.22. The van der Waals surface area contributed by atoms with E-state index in [4.69, 9.17) is 10.6 Å². The predicted octanol–water partition coefficient (Wildman–Crippen LogP) is 0.775. The molecule has 1 atom stereocenters. The van der Waals surface area contributed by atoms with Gasteiger partial charge in [0.25, 0.3) is 6.43 Å². The average Bonchev–Trinajstić information content (AvgIpc) is 2.61. The molecule has 1 unspecified atom stereocenters. The minimum Gasteiger partial charge on any atom is -0.375 e. The Balaban J connectivity index is 2.35. The number of hydrogen-bond acceptors (Lipinski definition) is 4. The van der Waals surface area contributed by atoms with Gasteiger partial charge in [-0.05, 0) is 19.4 Å². The number of alkyl halides is 2. The van der Waals surface area contributed by atoms with Crippen LogP contribution in [0.25, 0.3) is 0 Å². The zero-order valence-electron chi connectivity index (χ0n) is 10.7. The number of nitrogens with zero attached hydrogens (tertiary/aromatic N) is 2. The molecule has 0 amide bonds. The lowest BCUT2D eigenvalue weighted by Gasteiger charge is -2.15. The Morgan fingerprint density at radius 2 is 2.28 bits per heavy atom. The molecule has 5 nitrogen and oxygen atoms in total. The molecule has 0 radical (unpaired) electrons. The summed E-state index contributed by atoms with van der Waals surface area (Å²) in [6, 6.07) is 1.96. The van der Waals surface area contributed by atoms with Gasteiger partial charge in [-0.25, -0.2) is 8.78 Å². The Morgan fingerprint density at radius 3 is 2.78 bits per heavy atom. The molecule has 1 heterocycles. The quantitative estimate of drug-likeness (QED) is 0.413. The highest BCUT2D eigenvalue weighted by molar-refractivity contribution is 5.09. The van der Waals surface area contributed by atoms with E-state index < -0.39 is 13.0 Å². The third-order valence-corrected chi connectivity index (χ3v) is 2.64. The van der Waals surface area contributed by atoms with Crippen LogP contribution in [-0.2, 0) is 18.2 Å². The molecule has 3 N–H and O–H groups in total. The van der Waals surface area contributed by atoms with Crippen molar-refractivity contribution in [3.8, 4) is 0 Å². The summed E-state index contributed by atoms with van der Waals surface area (Å²) < 4.78 is 30.4. The summed E-state index contributed by atoms with van der Waals surface area (Å²) in [4.78, 5) is 0. The lowest BCUT2D eigenvalue weighted by atomic mass is 10.1. The van der Waals surface area contributed by atoms with Crippen molar-refractivity contribution in [3.63, 3.8) is 0 Å². The number of hydrazine groups is 1. The van der Waals surface area contributed by atoms with Gasteiger partial charge in [0.05, 0.1) is 5.69 Å². The van der Waals surface area contributed by atoms with E-state index >= 15 is 0 Å². The number of halogens is 2. The SMILES string of the molecule is Cc1cc(CC(CCOCC(F)F)NN)n(C)n1. The monoisotopic (exact) mass is 262 g/mol. The number of hydrogen-bond donors (Lipinski definition) is 2. The van der Waals surface area contributed by atoms with Gasteiger partial charge >= 0.3 is 0 Å². The van der Waals surface area contributed by atoms with Crippen molar-refractivity contribution in [2.75, 3.05) is 13.2 Å². The van der Waals surface area contributed by atoms with Crippen LogP contribution in [0.15, 0.2) is 6.07 Å². The van der Waals surface area contributed by atoms with Crippen LogP contribution in [0, 0.1) is 6.92 Å². The summed E-state index contributed by atoms with van der Waals surface area (Å²) in [6.45, 7) is 1.65. The van der Waals surface area contributed by atoms with Gasteiger partial charge in [-0.15, -0.1) is 0 Å². The summed E-state index contributed by atoms with van der Waals surface area (Å²) in [5, 5.41) is 4.24. The minimum absolute atomic E-state index is 0.0162. The molecule has 0 spiro atoms. The molecule has 1 aromatic heterocycles. The molecule has 104 valence electrons. The zero-order chi connectivity index (χ0) is 13.5. The number of aromatic nitrogens is 2. The normalized spacial score (nSPS) is 13.2. The van der Waals surface area contributed by atoms with E-state index in [0.717, 1.165) is 11.4 Å². The number of ether oxygens (including phenoxy) is 1. The highest BCUT2D eigenvalue weighted by Crippen LogP contribution is 2.07. The van der Waals surface area contributed by atoms with Crippen LogP contribution in [0.4, 0.5) is 8.78 Å². The Morgan fingerprint density at radius 1 is 1.56 bits per heavy atom. The number of aryl methyl sites for hydroxylation is 2. The lowest BCUT2D eigenvalue weighted by Crippen LogP contribution is -2.38. The summed E-state index contributed by atoms with van der Waals surface area (Å²) in [5.41, 5.74) is 4.65. The smallest absolute Gasteiger partial charge is 0.261 e. The van der Waals surface area contributed by atoms with Gasteiger partial charge in [0.15, 0.2) is 0 Å². The molecule has 0 aliphatic carbocycles. The van der Waals surface area contributed by atoms with E-state index in [2.05, 4.69) is 10.5 Å². The fourth-order valence-electron chi connectivity index (χ4n) is 1.75. The molecule has 0 aliphatic heterocycles. The van der Waals surface area contributed by atoms with E-state index in [1.54, 1.807) is 4.68 Å². The van der Waals surface area contributed by atoms with Gasteiger partial charge in [0.2, 0.25) is 0 Å². The van der Waals surface area contributed by atoms with Crippen LogP contribution in [-0.4, -0.2) is 35.5 Å². The van der Waals surface area contributed by atoms with Gasteiger partial charge in [-0.2, -0.15) is 5.10 Å². The van der Waals surface area contributed by atoms with E-state index in [1.165, 1.54) is 0 Å². The second kappa shape index (κ2) is 7.40. The van der Waals surface area contributed by atoms with Crippen molar-refractivity contribution < 1.29 is 13.5 Å². The third-order valence-electron chi connectivity index (χ3n) is 2.64. The molecule has 0 saturated carbocycles. The van der Waals surface area contributed by atoms with Crippen molar-refractivity contribution in [3.05, 3.63) is 17.5 Å². The fourth-order valence-corrected chi connectivity index (χ4v) is 1.75. The third kappa shape index (κ3) is 5.07. The first-order valence-corrected chi connectivity index (χ1v) is 5.84. The molecular formula is C11H20F2N4O. The zero-order valence-corrected chi connectivity index (χ0v) is 10.7. The summed E-state index contributed by atoms with van der Waals surface area (Å²) in [6.07, 6.45) is -1.16. The summed E-state index contributed by atoms with van der Waals surface area (Å²) in [7, 11) is 1.86. The van der Waals surface area contributed by atoms with E-state index in [1.807, 2.05) is 20.0 Å². The molecule has 0 fully saturated rings. The Labute approximate surface area is 105 Å². The van der Waals surface area contributed by atoms with Crippen LogP contribution >= 0.6 is 0 Å². The summed E-state index contributed by atoms with van der Waals surface area (Å²) in [5.74, 6) is 5.44. The maximum Gasteiger partial charge on any atom is 0.261 e. The second-order valence-electron chi connectivity index (χ2n) is 4.22. The predicted molar refractivity (Wildman–Crippen MR) is 64.2 cm³/mol. The van der Waals surface area contributed by atoms with Crippen LogP contribution in [0.5, 0.6) is 0 Å². The van der Waals surface area contributed by atoms with Crippen molar-refractivity contribution in [2.45, 2.75) is 32.2 Å². The van der Waals surface area contributed by atoms with Crippen molar-refractivity contribution in [1.82, 2.24) is 15.2 Å². The highest BCUT2D eigenvalue weighted by atomic mass is 19.3. The molecule has 0 aromatic carbocycles. The first kappa shape index (κ1) is 15.0. The summed E-state index contributed by atoms with van der Waals surface area (Å²) >= 11 is 0. The largest absolute Gasteiger partial charge is 0.375 e. The van der Waals surface area contributed by atoms with Crippen molar-refractivity contribution >= 4 is 0 Å². The topological polar surface area (TPSA) is 65.1 Å². The Bertz CT molecular complexity index is 357. The number of rotatable bonds is 8. The minimum atomic E-state index is -2.42. The van der Waals surface area contributed by atoms with E-state index in [9.17, 15) is 8.78 Å². The molecule has 1 aromatic rings. The van der Waals surface area contributed by atoms with Gasteiger partial charge in [0.1, 0.15) is 6.61 Å². The molecular weight excluding hydrogens is 242 g/mol. The van der Waals surface area contributed by atoms with Crippen LogP contribution < -0.4 is 11.3 Å². The highest BCUT2D eigenvalue weighted by Gasteiger charge is 2.12. The fraction of sp³-hybridized carbons (Fsp3) is 0.727. The van der Waals surface area contributed by atoms with E-state index in [0.29, 0.717) is 12.8 Å². The lowest BCUT2D eigenvalue weighted by molar-refractivity contribution is 0.0144. The van der Waals surface area contributed by atoms with Crippen LogP contribution in [0.2, 0.25) is 0 Å². The molecule has 0 bridgehead atoms. The Hall–Kier alpha value is -1.05. The molecule has 18 heavy (non-hydrogen) atoms. The number of nitrogens with one attached hydrogen (secondary N) is 1. The van der Waals surface area contributed by atoms with Gasteiger partial charge in [0, 0.05) is 31.8 Å². The first-order chi connectivity index (χ1) is 8.52. The van der Waals surface area contributed by atoms with Gasteiger partial charge < -0.3 is 4.74 Å².